The Morgan fingerprint density at radius 1 is 1.19 bits per heavy atom. The Balaban J connectivity index is 2.31. The number of amides is 1. The van der Waals surface area contributed by atoms with Crippen molar-refractivity contribution in [3.8, 4) is 0 Å². The Labute approximate surface area is 125 Å². The van der Waals surface area contributed by atoms with Crippen molar-refractivity contribution in [3.63, 3.8) is 0 Å². The van der Waals surface area contributed by atoms with E-state index < -0.39 is 5.91 Å². The van der Waals surface area contributed by atoms with Crippen LogP contribution in [0.1, 0.15) is 25.7 Å². The van der Waals surface area contributed by atoms with Gasteiger partial charge in [0, 0.05) is 11.1 Å². The molecule has 3 aromatic rings. The van der Waals surface area contributed by atoms with Crippen molar-refractivity contribution in [3.05, 3.63) is 57.9 Å². The summed E-state index contributed by atoms with van der Waals surface area (Å²) in [7, 11) is 0. The quantitative estimate of drug-likeness (QED) is 0.433. The lowest BCUT2D eigenvalue weighted by Gasteiger charge is -2.05. The molecule has 106 valence electrons. The van der Waals surface area contributed by atoms with E-state index in [1.807, 2.05) is 35.7 Å². The van der Waals surface area contributed by atoms with Crippen LogP contribution in [-0.2, 0) is 0 Å². The van der Waals surface area contributed by atoms with E-state index in [1.54, 1.807) is 17.6 Å². The number of para-hydroxylation sites is 1. The number of hydrogen-bond donors (Lipinski definition) is 2. The molecule has 0 unspecified atom stereocenters. The van der Waals surface area contributed by atoms with Crippen LogP contribution in [0.3, 0.4) is 0 Å². The largest absolute Gasteiger partial charge is 0.290 e. The zero-order chi connectivity index (χ0) is 15.0. The minimum absolute atomic E-state index is 0.144. The van der Waals surface area contributed by atoms with E-state index in [9.17, 15) is 9.59 Å². The molecule has 0 aliphatic rings. The van der Waals surface area contributed by atoms with E-state index in [0.29, 0.717) is 27.0 Å². The number of nitrogen functional groups attached to an aromatic ring is 1. The minimum Gasteiger partial charge on any atom is -0.290 e. The number of hydrogen-bond acceptors (Lipinski definition) is 4. The highest BCUT2D eigenvalue weighted by Crippen LogP contribution is 2.27. The third-order valence-electron chi connectivity index (χ3n) is 3.40. The van der Waals surface area contributed by atoms with E-state index >= 15 is 0 Å². The van der Waals surface area contributed by atoms with Gasteiger partial charge in [-0.1, -0.05) is 24.3 Å². The summed E-state index contributed by atoms with van der Waals surface area (Å²) in [5.41, 5.74) is 3.85. The Bertz CT molecular complexity index is 834. The number of benzene rings is 1. The van der Waals surface area contributed by atoms with E-state index in [-0.39, 0.29) is 5.91 Å². The number of nitrogens with two attached hydrogens (primary N) is 1. The first kappa shape index (κ1) is 13.5. The molecule has 5 nitrogen and oxygen atoms in total. The van der Waals surface area contributed by atoms with Gasteiger partial charge >= 0.3 is 0 Å². The van der Waals surface area contributed by atoms with E-state index in [4.69, 9.17) is 5.84 Å². The van der Waals surface area contributed by atoms with E-state index in [0.717, 1.165) is 0 Å². The number of fused-ring (bicyclic) bond motifs is 1. The SMILES string of the molecule is Cc1c(C(=O)NN)c2ccccc2n1C(=O)c1cccs1. The van der Waals surface area contributed by atoms with Crippen molar-refractivity contribution >= 4 is 34.1 Å². The zero-order valence-electron chi connectivity index (χ0n) is 11.3. The highest BCUT2D eigenvalue weighted by Gasteiger charge is 2.23. The molecule has 0 spiro atoms. The summed E-state index contributed by atoms with van der Waals surface area (Å²) in [5.74, 6) is 4.71. The van der Waals surface area contributed by atoms with Gasteiger partial charge in [0.15, 0.2) is 0 Å². The Hall–Kier alpha value is -2.44. The van der Waals surface area contributed by atoms with Crippen LogP contribution in [0.5, 0.6) is 0 Å². The van der Waals surface area contributed by atoms with Crippen molar-refractivity contribution in [1.29, 1.82) is 0 Å². The Kier molecular flexibility index (Phi) is 3.32. The van der Waals surface area contributed by atoms with Crippen molar-refractivity contribution in [2.75, 3.05) is 0 Å². The highest BCUT2D eigenvalue weighted by atomic mass is 32.1. The lowest BCUT2D eigenvalue weighted by Crippen LogP contribution is -2.30. The summed E-state index contributed by atoms with van der Waals surface area (Å²) < 4.78 is 1.56. The van der Waals surface area contributed by atoms with Crippen LogP contribution >= 0.6 is 11.3 Å². The number of carbonyl (C=O) groups excluding carboxylic acids is 2. The number of thiophene rings is 1. The van der Waals surface area contributed by atoms with Crippen LogP contribution in [0.25, 0.3) is 10.9 Å². The first-order valence-corrected chi connectivity index (χ1v) is 7.22. The van der Waals surface area contributed by atoms with Crippen LogP contribution in [0.4, 0.5) is 0 Å². The number of nitrogens with zero attached hydrogens (tertiary/aromatic N) is 1. The van der Waals surface area contributed by atoms with Crippen molar-refractivity contribution < 1.29 is 9.59 Å². The Morgan fingerprint density at radius 2 is 1.95 bits per heavy atom. The van der Waals surface area contributed by atoms with Gasteiger partial charge < -0.3 is 0 Å². The fraction of sp³-hybridized carbons (Fsp3) is 0.0667. The molecule has 3 N–H and O–H groups in total. The van der Waals surface area contributed by atoms with E-state index in [2.05, 4.69) is 5.43 Å². The van der Waals surface area contributed by atoms with Gasteiger partial charge in [-0.2, -0.15) is 0 Å². The van der Waals surface area contributed by atoms with Gasteiger partial charge in [0.1, 0.15) is 0 Å². The molecule has 0 atom stereocenters. The average molecular weight is 299 g/mol. The summed E-state index contributed by atoms with van der Waals surface area (Å²) in [6.45, 7) is 1.75. The fourth-order valence-corrected chi connectivity index (χ4v) is 3.15. The second-order valence-electron chi connectivity index (χ2n) is 4.57. The smallest absolute Gasteiger partial charge is 0.272 e. The molecule has 2 heterocycles. The second-order valence-corrected chi connectivity index (χ2v) is 5.52. The van der Waals surface area contributed by atoms with E-state index in [1.165, 1.54) is 11.3 Å². The zero-order valence-corrected chi connectivity index (χ0v) is 12.1. The number of rotatable bonds is 2. The van der Waals surface area contributed by atoms with Gasteiger partial charge in [-0.25, -0.2) is 5.84 Å². The molecule has 0 saturated carbocycles. The minimum atomic E-state index is -0.401. The molecule has 2 aromatic heterocycles. The third-order valence-corrected chi connectivity index (χ3v) is 4.26. The maximum absolute atomic E-state index is 12.7. The fourth-order valence-electron chi connectivity index (χ4n) is 2.50. The van der Waals surface area contributed by atoms with Crippen molar-refractivity contribution in [2.24, 2.45) is 5.84 Å². The van der Waals surface area contributed by atoms with Crippen LogP contribution < -0.4 is 11.3 Å². The third kappa shape index (κ3) is 2.05. The molecule has 0 fully saturated rings. The maximum Gasteiger partial charge on any atom is 0.272 e. The lowest BCUT2D eigenvalue weighted by molar-refractivity contribution is 0.0954. The lowest BCUT2D eigenvalue weighted by atomic mass is 10.1. The summed E-state index contributed by atoms with van der Waals surface area (Å²) in [6, 6.07) is 10.9. The number of aromatic nitrogens is 1. The molecule has 21 heavy (non-hydrogen) atoms. The summed E-state index contributed by atoms with van der Waals surface area (Å²) >= 11 is 1.37. The van der Waals surface area contributed by atoms with Crippen molar-refractivity contribution in [1.82, 2.24) is 9.99 Å². The van der Waals surface area contributed by atoms with Crippen LogP contribution in [0.2, 0.25) is 0 Å². The Morgan fingerprint density at radius 3 is 2.62 bits per heavy atom. The topological polar surface area (TPSA) is 77.1 Å². The summed E-state index contributed by atoms with van der Waals surface area (Å²) in [5, 5.41) is 2.56. The van der Waals surface area contributed by atoms with Gasteiger partial charge in [0.25, 0.3) is 11.8 Å². The predicted molar refractivity (Wildman–Crippen MR) is 82.4 cm³/mol. The van der Waals surface area contributed by atoms with Gasteiger partial charge in [-0.15, -0.1) is 11.3 Å². The van der Waals surface area contributed by atoms with Crippen LogP contribution in [0.15, 0.2) is 41.8 Å². The van der Waals surface area contributed by atoms with Gasteiger partial charge in [-0.3, -0.25) is 19.6 Å². The first-order valence-electron chi connectivity index (χ1n) is 6.34. The molecule has 0 saturated heterocycles. The molecule has 3 rings (SSSR count). The molecular weight excluding hydrogens is 286 g/mol. The molecule has 1 amide bonds. The summed E-state index contributed by atoms with van der Waals surface area (Å²) in [6.07, 6.45) is 0. The van der Waals surface area contributed by atoms with Gasteiger partial charge in [0.2, 0.25) is 0 Å². The monoisotopic (exact) mass is 299 g/mol. The maximum atomic E-state index is 12.7. The van der Waals surface area contributed by atoms with Gasteiger partial charge in [-0.05, 0) is 24.4 Å². The predicted octanol–water partition coefficient (Wildman–Crippen LogP) is 2.30. The average Bonchev–Trinajstić information content (AvgIpc) is 3.11. The molecule has 0 radical (unpaired) electrons. The standard InChI is InChI=1S/C15H13N3O2S/c1-9-13(14(19)17-16)10-5-2-3-6-11(10)18(9)15(20)12-7-4-8-21-12/h2-8H,16H2,1H3,(H,17,19). The molecule has 1 aromatic carbocycles. The normalized spacial score (nSPS) is 10.8. The van der Waals surface area contributed by atoms with Gasteiger partial charge in [0.05, 0.1) is 16.0 Å². The molecule has 0 aliphatic heterocycles. The molecule has 0 aliphatic carbocycles. The number of hydrazine groups is 1. The second kappa shape index (κ2) is 5.16. The van der Waals surface area contributed by atoms with Crippen LogP contribution in [0, 0.1) is 6.92 Å². The number of carbonyl (C=O) groups is 2. The molecule has 6 heteroatoms. The first-order chi connectivity index (χ1) is 10.1. The molecular formula is C15H13N3O2S. The summed E-state index contributed by atoms with van der Waals surface area (Å²) in [4.78, 5) is 25.3. The van der Waals surface area contributed by atoms with Crippen LogP contribution in [-0.4, -0.2) is 16.4 Å². The molecule has 0 bridgehead atoms. The highest BCUT2D eigenvalue weighted by molar-refractivity contribution is 7.12. The van der Waals surface area contributed by atoms with Crippen molar-refractivity contribution in [2.45, 2.75) is 6.92 Å². The number of nitrogens with one attached hydrogen (secondary N) is 1.